The van der Waals surface area contributed by atoms with Crippen molar-refractivity contribution in [1.29, 1.82) is 0 Å². The van der Waals surface area contributed by atoms with Crippen molar-refractivity contribution in [2.75, 3.05) is 26.7 Å². The molecule has 0 heterocycles. The predicted molar refractivity (Wildman–Crippen MR) is 69.1 cm³/mol. The van der Waals surface area contributed by atoms with Crippen LogP contribution >= 0.6 is 0 Å². The maximum Gasteiger partial charge on any atom is 0.182 e. The lowest BCUT2D eigenvalue weighted by Gasteiger charge is -2.15. The zero-order valence-electron chi connectivity index (χ0n) is 11.0. The largest absolute Gasteiger partial charge is 0.396 e. The SMILES string of the molecule is CN(CCCCCO)CC(=O)c1c(F)cccc1F. The van der Waals surface area contributed by atoms with Gasteiger partial charge in [-0.2, -0.15) is 0 Å². The van der Waals surface area contributed by atoms with Crippen LogP contribution in [0.3, 0.4) is 0 Å². The highest BCUT2D eigenvalue weighted by atomic mass is 19.1. The van der Waals surface area contributed by atoms with Crippen molar-refractivity contribution >= 4 is 5.78 Å². The number of rotatable bonds is 8. The first-order valence-corrected chi connectivity index (χ1v) is 6.33. The third-order valence-electron chi connectivity index (χ3n) is 2.85. The Labute approximate surface area is 111 Å². The topological polar surface area (TPSA) is 40.5 Å². The van der Waals surface area contributed by atoms with Gasteiger partial charge >= 0.3 is 0 Å². The highest BCUT2D eigenvalue weighted by molar-refractivity contribution is 5.98. The van der Waals surface area contributed by atoms with E-state index in [4.69, 9.17) is 5.11 Å². The zero-order chi connectivity index (χ0) is 14.3. The molecular formula is C14H19F2NO2. The fraction of sp³-hybridized carbons (Fsp3) is 0.500. The number of carbonyl (C=O) groups is 1. The van der Waals surface area contributed by atoms with Gasteiger partial charge in [-0.1, -0.05) is 6.07 Å². The molecule has 0 saturated carbocycles. The molecule has 1 aromatic carbocycles. The first-order chi connectivity index (χ1) is 9.06. The van der Waals surface area contributed by atoms with Gasteiger partial charge in [-0.05, 0) is 45.0 Å². The molecule has 0 bridgehead atoms. The fourth-order valence-corrected chi connectivity index (χ4v) is 1.84. The van der Waals surface area contributed by atoms with E-state index in [2.05, 4.69) is 0 Å². The molecule has 3 nitrogen and oxygen atoms in total. The van der Waals surface area contributed by atoms with Gasteiger partial charge in [0.05, 0.1) is 12.1 Å². The van der Waals surface area contributed by atoms with E-state index in [0.717, 1.165) is 31.4 Å². The molecule has 1 N–H and O–H groups in total. The van der Waals surface area contributed by atoms with Crippen molar-refractivity contribution in [3.8, 4) is 0 Å². The van der Waals surface area contributed by atoms with Gasteiger partial charge in [0.25, 0.3) is 0 Å². The van der Waals surface area contributed by atoms with Crippen LogP contribution in [-0.4, -0.2) is 42.5 Å². The molecule has 106 valence electrons. The lowest BCUT2D eigenvalue weighted by Crippen LogP contribution is -2.28. The Balaban J connectivity index is 2.50. The van der Waals surface area contributed by atoms with Crippen LogP contribution < -0.4 is 0 Å². The Morgan fingerprint density at radius 1 is 1.21 bits per heavy atom. The Kier molecular flexibility index (Phi) is 6.59. The highest BCUT2D eigenvalue weighted by Crippen LogP contribution is 2.13. The molecule has 19 heavy (non-hydrogen) atoms. The standard InChI is InChI=1S/C14H19F2NO2/c1-17(8-3-2-4-9-18)10-13(19)14-11(15)6-5-7-12(14)16/h5-7,18H,2-4,8-10H2,1H3. The van der Waals surface area contributed by atoms with Gasteiger partial charge in [-0.25, -0.2) is 8.78 Å². The normalized spacial score (nSPS) is 11.0. The number of aliphatic hydroxyl groups excluding tert-OH is 1. The monoisotopic (exact) mass is 271 g/mol. The van der Waals surface area contributed by atoms with Crippen LogP contribution in [0.4, 0.5) is 8.78 Å². The number of aliphatic hydroxyl groups is 1. The molecular weight excluding hydrogens is 252 g/mol. The highest BCUT2D eigenvalue weighted by Gasteiger charge is 2.18. The van der Waals surface area contributed by atoms with E-state index in [1.165, 1.54) is 6.07 Å². The summed E-state index contributed by atoms with van der Waals surface area (Å²) in [5.74, 6) is -2.20. The minimum absolute atomic E-state index is 0.0169. The van der Waals surface area contributed by atoms with Crippen molar-refractivity contribution < 1.29 is 18.7 Å². The number of carbonyl (C=O) groups excluding carboxylic acids is 1. The molecule has 1 rings (SSSR count). The number of hydrogen-bond donors (Lipinski definition) is 1. The van der Waals surface area contributed by atoms with Gasteiger partial charge in [0.2, 0.25) is 0 Å². The number of benzene rings is 1. The van der Waals surface area contributed by atoms with Crippen LogP contribution in [0.25, 0.3) is 0 Å². The summed E-state index contributed by atoms with van der Waals surface area (Å²) in [5.41, 5.74) is -0.468. The Morgan fingerprint density at radius 3 is 2.42 bits per heavy atom. The molecule has 0 spiro atoms. The second-order valence-electron chi connectivity index (χ2n) is 4.54. The van der Waals surface area contributed by atoms with Gasteiger partial charge in [-0.3, -0.25) is 9.69 Å². The molecule has 0 radical (unpaired) electrons. The first kappa shape index (κ1) is 15.7. The summed E-state index contributed by atoms with van der Waals surface area (Å²) in [5, 5.41) is 8.64. The minimum Gasteiger partial charge on any atom is -0.396 e. The number of Topliss-reactive ketones (excluding diaryl/α,β-unsaturated/α-hetero) is 1. The molecule has 0 saturated heterocycles. The summed E-state index contributed by atoms with van der Waals surface area (Å²) >= 11 is 0. The molecule has 0 aliphatic carbocycles. The Bertz CT molecular complexity index is 404. The average molecular weight is 271 g/mol. The molecule has 1 aromatic rings. The van der Waals surface area contributed by atoms with Gasteiger partial charge in [-0.15, -0.1) is 0 Å². The summed E-state index contributed by atoms with van der Waals surface area (Å²) in [7, 11) is 1.73. The molecule has 0 aromatic heterocycles. The van der Waals surface area contributed by atoms with Gasteiger partial charge in [0, 0.05) is 6.61 Å². The summed E-state index contributed by atoms with van der Waals surface area (Å²) in [6.07, 6.45) is 2.43. The van der Waals surface area contributed by atoms with Crippen LogP contribution in [-0.2, 0) is 0 Å². The second-order valence-corrected chi connectivity index (χ2v) is 4.54. The summed E-state index contributed by atoms with van der Waals surface area (Å²) < 4.78 is 26.8. The molecule has 5 heteroatoms. The van der Waals surface area contributed by atoms with Crippen LogP contribution in [0.15, 0.2) is 18.2 Å². The Morgan fingerprint density at radius 2 is 1.84 bits per heavy atom. The number of likely N-dealkylation sites (N-methyl/N-ethyl adjacent to an activating group) is 1. The third kappa shape index (κ3) is 5.04. The summed E-state index contributed by atoms with van der Waals surface area (Å²) in [4.78, 5) is 13.6. The summed E-state index contributed by atoms with van der Waals surface area (Å²) in [6, 6.07) is 3.40. The second kappa shape index (κ2) is 7.96. The van der Waals surface area contributed by atoms with Gasteiger partial charge in [0.1, 0.15) is 11.6 Å². The molecule has 0 aliphatic heterocycles. The number of unbranched alkanes of at least 4 members (excludes halogenated alkanes) is 2. The van der Waals surface area contributed by atoms with E-state index in [1.54, 1.807) is 11.9 Å². The van der Waals surface area contributed by atoms with Crippen LogP contribution in [0.1, 0.15) is 29.6 Å². The van der Waals surface area contributed by atoms with Crippen molar-refractivity contribution in [1.82, 2.24) is 4.90 Å². The smallest absolute Gasteiger partial charge is 0.182 e. The summed E-state index contributed by atoms with van der Waals surface area (Å²) in [6.45, 7) is 0.794. The van der Waals surface area contributed by atoms with Crippen LogP contribution in [0, 0.1) is 11.6 Å². The van der Waals surface area contributed by atoms with E-state index in [9.17, 15) is 13.6 Å². The quantitative estimate of drug-likeness (QED) is 0.582. The third-order valence-corrected chi connectivity index (χ3v) is 2.85. The maximum atomic E-state index is 13.4. The number of nitrogens with zero attached hydrogens (tertiary/aromatic N) is 1. The molecule has 0 fully saturated rings. The maximum absolute atomic E-state index is 13.4. The van der Waals surface area contributed by atoms with Crippen LogP contribution in [0.2, 0.25) is 0 Å². The van der Waals surface area contributed by atoms with Crippen molar-refractivity contribution in [3.05, 3.63) is 35.4 Å². The van der Waals surface area contributed by atoms with E-state index in [-0.39, 0.29) is 13.2 Å². The molecule has 0 aliphatic rings. The number of hydrogen-bond acceptors (Lipinski definition) is 3. The average Bonchev–Trinajstić information content (AvgIpc) is 2.34. The van der Waals surface area contributed by atoms with E-state index >= 15 is 0 Å². The molecule has 0 atom stereocenters. The molecule has 0 amide bonds. The van der Waals surface area contributed by atoms with Gasteiger partial charge < -0.3 is 5.11 Å². The van der Waals surface area contributed by atoms with E-state index in [0.29, 0.717) is 6.54 Å². The zero-order valence-corrected chi connectivity index (χ0v) is 11.0. The Hall–Kier alpha value is -1.33. The van der Waals surface area contributed by atoms with Crippen molar-refractivity contribution in [3.63, 3.8) is 0 Å². The lowest BCUT2D eigenvalue weighted by molar-refractivity contribution is 0.0936. The fourth-order valence-electron chi connectivity index (χ4n) is 1.84. The predicted octanol–water partition coefficient (Wildman–Crippen LogP) is 2.24. The van der Waals surface area contributed by atoms with E-state index < -0.39 is 23.0 Å². The number of ketones is 1. The van der Waals surface area contributed by atoms with Crippen molar-refractivity contribution in [2.45, 2.75) is 19.3 Å². The van der Waals surface area contributed by atoms with Gasteiger partial charge in [0.15, 0.2) is 5.78 Å². The van der Waals surface area contributed by atoms with Crippen molar-refractivity contribution in [2.24, 2.45) is 0 Å². The first-order valence-electron chi connectivity index (χ1n) is 6.33. The number of halogens is 2. The van der Waals surface area contributed by atoms with E-state index in [1.807, 2.05) is 0 Å². The minimum atomic E-state index is -0.821. The molecule has 0 unspecified atom stereocenters. The lowest BCUT2D eigenvalue weighted by atomic mass is 10.1. The van der Waals surface area contributed by atoms with Crippen LogP contribution in [0.5, 0.6) is 0 Å².